The molecule has 0 heterocycles. The van der Waals surface area contributed by atoms with Gasteiger partial charge in [0.1, 0.15) is 6.07 Å². The van der Waals surface area contributed by atoms with Gasteiger partial charge in [-0.3, -0.25) is 0 Å². The molecule has 0 saturated carbocycles. The quantitative estimate of drug-likeness (QED) is 0.563. The summed E-state index contributed by atoms with van der Waals surface area (Å²) in [6, 6.07) is 7.56. The number of benzene rings is 1. The number of ether oxygens (including phenoxy) is 2. The molecule has 0 aliphatic heterocycles. The first kappa shape index (κ1) is 10.9. The molecule has 1 aromatic rings. The van der Waals surface area contributed by atoms with Crippen LogP contribution in [0.3, 0.4) is 0 Å². The summed E-state index contributed by atoms with van der Waals surface area (Å²) < 4.78 is 10.1. The molecule has 0 bridgehead atoms. The van der Waals surface area contributed by atoms with Crippen molar-refractivity contribution in [1.29, 1.82) is 5.26 Å². The molecule has 14 heavy (non-hydrogen) atoms. The summed E-state index contributed by atoms with van der Waals surface area (Å²) >= 11 is 1.54. The Hall–Kier alpha value is -1.18. The van der Waals surface area contributed by atoms with Crippen LogP contribution in [-0.2, 0) is 4.74 Å². The van der Waals surface area contributed by atoms with Crippen LogP contribution in [0, 0.1) is 11.3 Å². The Morgan fingerprint density at radius 3 is 2.86 bits per heavy atom. The average molecular weight is 209 g/mol. The highest BCUT2D eigenvalue weighted by molar-refractivity contribution is 7.98. The Kier molecular flexibility index (Phi) is 4.30. The fraction of sp³-hybridized carbons (Fsp3) is 0.300. The van der Waals surface area contributed by atoms with E-state index in [0.29, 0.717) is 11.3 Å². The number of nitrogens with zero attached hydrogens (tertiary/aromatic N) is 1. The zero-order valence-electron chi connectivity index (χ0n) is 8.11. The van der Waals surface area contributed by atoms with Gasteiger partial charge in [0.05, 0.1) is 10.5 Å². The summed E-state index contributed by atoms with van der Waals surface area (Å²) in [7, 11) is 1.55. The minimum Gasteiger partial charge on any atom is -0.465 e. The number of rotatable bonds is 4. The largest absolute Gasteiger partial charge is 0.465 e. The second-order valence-electron chi connectivity index (χ2n) is 2.50. The van der Waals surface area contributed by atoms with Gasteiger partial charge in [-0.2, -0.15) is 5.26 Å². The summed E-state index contributed by atoms with van der Waals surface area (Å²) in [5, 5.41) is 8.86. The number of hydrogen-bond donors (Lipinski definition) is 0. The topological polar surface area (TPSA) is 42.2 Å². The molecule has 74 valence electrons. The third-order valence-corrected chi connectivity index (χ3v) is 2.40. The van der Waals surface area contributed by atoms with Crippen molar-refractivity contribution in [3.63, 3.8) is 0 Å². The highest BCUT2D eigenvalue weighted by atomic mass is 32.2. The number of thioether (sulfide) groups is 1. The predicted molar refractivity (Wildman–Crippen MR) is 55.4 cm³/mol. The molecule has 0 fully saturated rings. The van der Waals surface area contributed by atoms with E-state index in [9.17, 15) is 0 Å². The summed E-state index contributed by atoms with van der Waals surface area (Å²) in [6.07, 6.45) is 1.94. The van der Waals surface area contributed by atoms with Crippen molar-refractivity contribution in [2.45, 2.75) is 4.90 Å². The Morgan fingerprint density at radius 2 is 2.29 bits per heavy atom. The SMILES string of the molecule is COCOc1c(C#N)cccc1SC. The van der Waals surface area contributed by atoms with Crippen molar-refractivity contribution >= 4 is 11.8 Å². The van der Waals surface area contributed by atoms with E-state index in [1.807, 2.05) is 18.4 Å². The standard InChI is InChI=1S/C10H11NO2S/c1-12-7-13-10-8(6-11)4-3-5-9(10)14-2/h3-5H,7H2,1-2H3. The maximum atomic E-state index is 8.86. The zero-order valence-corrected chi connectivity index (χ0v) is 8.93. The first-order valence-electron chi connectivity index (χ1n) is 4.02. The number of hydrogen-bond acceptors (Lipinski definition) is 4. The molecule has 0 amide bonds. The molecule has 1 rings (SSSR count). The maximum absolute atomic E-state index is 8.86. The lowest BCUT2D eigenvalue weighted by Gasteiger charge is -2.09. The van der Waals surface area contributed by atoms with Crippen LogP contribution in [-0.4, -0.2) is 20.2 Å². The monoisotopic (exact) mass is 209 g/mol. The second kappa shape index (κ2) is 5.53. The van der Waals surface area contributed by atoms with Crippen LogP contribution in [0.2, 0.25) is 0 Å². The average Bonchev–Trinajstić information content (AvgIpc) is 2.25. The Morgan fingerprint density at radius 1 is 1.50 bits per heavy atom. The van der Waals surface area contributed by atoms with E-state index >= 15 is 0 Å². The van der Waals surface area contributed by atoms with Gasteiger partial charge in [-0.1, -0.05) is 6.07 Å². The van der Waals surface area contributed by atoms with Crippen LogP contribution in [0.5, 0.6) is 5.75 Å². The van der Waals surface area contributed by atoms with Gasteiger partial charge >= 0.3 is 0 Å². The van der Waals surface area contributed by atoms with Crippen LogP contribution in [0.15, 0.2) is 23.1 Å². The minimum absolute atomic E-state index is 0.159. The summed E-state index contributed by atoms with van der Waals surface area (Å²) in [5.41, 5.74) is 0.536. The second-order valence-corrected chi connectivity index (χ2v) is 3.35. The number of nitriles is 1. The molecule has 0 unspecified atom stereocenters. The van der Waals surface area contributed by atoms with Gasteiger partial charge in [-0.05, 0) is 18.4 Å². The van der Waals surface area contributed by atoms with E-state index in [-0.39, 0.29) is 6.79 Å². The molecule has 0 radical (unpaired) electrons. The highest BCUT2D eigenvalue weighted by Crippen LogP contribution is 2.30. The van der Waals surface area contributed by atoms with E-state index in [2.05, 4.69) is 6.07 Å². The highest BCUT2D eigenvalue weighted by Gasteiger charge is 2.08. The summed E-state index contributed by atoms with van der Waals surface area (Å²) in [4.78, 5) is 0.945. The van der Waals surface area contributed by atoms with Crippen molar-refractivity contribution < 1.29 is 9.47 Å². The summed E-state index contributed by atoms with van der Waals surface area (Å²) in [5.74, 6) is 0.601. The molecular formula is C10H11NO2S. The van der Waals surface area contributed by atoms with E-state index in [0.717, 1.165) is 4.90 Å². The van der Waals surface area contributed by atoms with Crippen molar-refractivity contribution in [2.75, 3.05) is 20.2 Å². The Balaban J connectivity index is 3.01. The van der Waals surface area contributed by atoms with Crippen molar-refractivity contribution in [3.05, 3.63) is 23.8 Å². The normalized spacial score (nSPS) is 9.50. The zero-order chi connectivity index (χ0) is 10.4. The molecule has 0 atom stereocenters. The van der Waals surface area contributed by atoms with Gasteiger partial charge in [-0.15, -0.1) is 11.8 Å². The van der Waals surface area contributed by atoms with E-state index in [1.54, 1.807) is 24.9 Å². The number of methoxy groups -OCH3 is 1. The third kappa shape index (κ3) is 2.41. The molecule has 0 N–H and O–H groups in total. The van der Waals surface area contributed by atoms with Gasteiger partial charge < -0.3 is 9.47 Å². The molecule has 3 nitrogen and oxygen atoms in total. The molecule has 1 aromatic carbocycles. The van der Waals surface area contributed by atoms with E-state index in [4.69, 9.17) is 14.7 Å². The van der Waals surface area contributed by atoms with Crippen LogP contribution in [0.1, 0.15) is 5.56 Å². The van der Waals surface area contributed by atoms with Crippen LogP contribution < -0.4 is 4.74 Å². The smallest absolute Gasteiger partial charge is 0.188 e. The van der Waals surface area contributed by atoms with Gasteiger partial charge in [0, 0.05) is 7.11 Å². The Labute approximate surface area is 87.6 Å². The van der Waals surface area contributed by atoms with E-state index in [1.165, 1.54) is 0 Å². The van der Waals surface area contributed by atoms with Crippen LogP contribution in [0.4, 0.5) is 0 Å². The molecular weight excluding hydrogens is 198 g/mol. The molecule has 0 aliphatic rings. The molecule has 0 aromatic heterocycles. The van der Waals surface area contributed by atoms with Crippen LogP contribution in [0.25, 0.3) is 0 Å². The fourth-order valence-corrected chi connectivity index (χ4v) is 1.60. The van der Waals surface area contributed by atoms with E-state index < -0.39 is 0 Å². The number of para-hydroxylation sites is 1. The van der Waals surface area contributed by atoms with Crippen molar-refractivity contribution in [3.8, 4) is 11.8 Å². The lowest BCUT2D eigenvalue weighted by atomic mass is 10.2. The summed E-state index contributed by atoms with van der Waals surface area (Å²) in [6.45, 7) is 0.159. The van der Waals surface area contributed by atoms with Crippen LogP contribution >= 0.6 is 11.8 Å². The predicted octanol–water partition coefficient (Wildman–Crippen LogP) is 2.26. The molecule has 0 saturated heterocycles. The first-order chi connectivity index (χ1) is 6.83. The molecule has 4 heteroatoms. The fourth-order valence-electron chi connectivity index (χ4n) is 1.03. The van der Waals surface area contributed by atoms with Crippen molar-refractivity contribution in [1.82, 2.24) is 0 Å². The maximum Gasteiger partial charge on any atom is 0.188 e. The third-order valence-electron chi connectivity index (χ3n) is 1.64. The van der Waals surface area contributed by atoms with Gasteiger partial charge in [-0.25, -0.2) is 0 Å². The lowest BCUT2D eigenvalue weighted by Crippen LogP contribution is -2.01. The van der Waals surface area contributed by atoms with Gasteiger partial charge in [0.25, 0.3) is 0 Å². The lowest BCUT2D eigenvalue weighted by molar-refractivity contribution is 0.0489. The van der Waals surface area contributed by atoms with Gasteiger partial charge in [0.2, 0.25) is 0 Å². The molecule has 0 spiro atoms. The minimum atomic E-state index is 0.159. The van der Waals surface area contributed by atoms with Gasteiger partial charge in [0.15, 0.2) is 12.5 Å². The molecule has 0 aliphatic carbocycles. The first-order valence-corrected chi connectivity index (χ1v) is 5.24. The Bertz CT molecular complexity index is 346. The van der Waals surface area contributed by atoms with Crippen molar-refractivity contribution in [2.24, 2.45) is 0 Å².